The van der Waals surface area contributed by atoms with Crippen LogP contribution in [0.2, 0.25) is 0 Å². The summed E-state index contributed by atoms with van der Waals surface area (Å²) in [6.45, 7) is 10.8. The maximum Gasteiger partial charge on any atom is 0.262 e. The van der Waals surface area contributed by atoms with Crippen molar-refractivity contribution in [2.24, 2.45) is 0 Å². The normalized spacial score (nSPS) is 13.3. The van der Waals surface area contributed by atoms with Crippen LogP contribution in [-0.2, 0) is 12.0 Å². The smallest absolute Gasteiger partial charge is 0.262 e. The highest BCUT2D eigenvalue weighted by molar-refractivity contribution is 7.99. The Labute approximate surface area is 157 Å². The van der Waals surface area contributed by atoms with Crippen LogP contribution in [0, 0.1) is 0 Å². The van der Waals surface area contributed by atoms with Crippen LogP contribution in [-0.4, -0.2) is 19.7 Å². The monoisotopic (exact) mass is 372 g/mol. The lowest BCUT2D eigenvalue weighted by molar-refractivity contribution is 0.364. The average Bonchev–Trinajstić information content (AvgIpc) is 3.09. The number of rotatable bonds is 5. The van der Waals surface area contributed by atoms with Crippen LogP contribution in [0.4, 0.5) is 0 Å². The van der Waals surface area contributed by atoms with Gasteiger partial charge in [-0.05, 0) is 25.5 Å². The average molecular weight is 372 g/mol. The second-order valence-electron chi connectivity index (χ2n) is 7.33. The third-order valence-electron chi connectivity index (χ3n) is 4.02. The molecule has 0 saturated carbocycles. The maximum absolute atomic E-state index is 12.9. The van der Waals surface area contributed by atoms with Gasteiger partial charge in [0.2, 0.25) is 5.89 Å². The molecular formula is C19H24N4O2S. The first-order chi connectivity index (χ1) is 12.3. The molecule has 0 aliphatic rings. The van der Waals surface area contributed by atoms with Gasteiger partial charge in [-0.1, -0.05) is 56.7 Å². The van der Waals surface area contributed by atoms with Crippen molar-refractivity contribution >= 4 is 22.7 Å². The minimum absolute atomic E-state index is 0.00643. The zero-order valence-corrected chi connectivity index (χ0v) is 16.6. The van der Waals surface area contributed by atoms with E-state index in [0.29, 0.717) is 34.3 Å². The van der Waals surface area contributed by atoms with Crippen molar-refractivity contribution in [2.75, 3.05) is 0 Å². The van der Waals surface area contributed by atoms with Gasteiger partial charge in [0, 0.05) is 12.0 Å². The summed E-state index contributed by atoms with van der Waals surface area (Å²) in [5.41, 5.74) is 0.533. The number of thioether (sulfide) groups is 1. The first-order valence-electron chi connectivity index (χ1n) is 8.81. The van der Waals surface area contributed by atoms with Crippen molar-refractivity contribution in [1.82, 2.24) is 19.7 Å². The van der Waals surface area contributed by atoms with Crippen molar-refractivity contribution in [2.45, 2.75) is 63.4 Å². The zero-order valence-electron chi connectivity index (χ0n) is 15.8. The lowest BCUT2D eigenvalue weighted by atomic mass is 9.96. The largest absolute Gasteiger partial charge is 0.338 e. The highest BCUT2D eigenvalue weighted by atomic mass is 32.2. The van der Waals surface area contributed by atoms with E-state index in [1.165, 1.54) is 11.8 Å². The Balaban J connectivity index is 1.98. The van der Waals surface area contributed by atoms with E-state index in [4.69, 9.17) is 9.51 Å². The van der Waals surface area contributed by atoms with Crippen molar-refractivity contribution in [3.63, 3.8) is 0 Å². The SMILES string of the molecule is CCCn1c(SC(C)c2nc(C(C)(C)C)no2)nc2ccccc2c1=O. The van der Waals surface area contributed by atoms with Gasteiger partial charge >= 0.3 is 0 Å². The van der Waals surface area contributed by atoms with Crippen molar-refractivity contribution in [3.05, 3.63) is 46.3 Å². The van der Waals surface area contributed by atoms with E-state index in [9.17, 15) is 4.79 Å². The molecule has 0 aliphatic heterocycles. The molecule has 1 unspecified atom stereocenters. The molecule has 3 rings (SSSR count). The predicted molar refractivity (Wildman–Crippen MR) is 104 cm³/mol. The van der Waals surface area contributed by atoms with Gasteiger partial charge in [0.15, 0.2) is 11.0 Å². The minimum Gasteiger partial charge on any atom is -0.338 e. The number of benzene rings is 1. The topological polar surface area (TPSA) is 73.8 Å². The van der Waals surface area contributed by atoms with E-state index in [2.05, 4.69) is 10.1 Å². The molecule has 1 atom stereocenters. The van der Waals surface area contributed by atoms with Gasteiger partial charge in [-0.25, -0.2) is 4.98 Å². The fraction of sp³-hybridized carbons (Fsp3) is 0.474. The summed E-state index contributed by atoms with van der Waals surface area (Å²) >= 11 is 1.47. The molecule has 2 aromatic heterocycles. The van der Waals surface area contributed by atoms with Gasteiger partial charge in [-0.3, -0.25) is 9.36 Å². The Hall–Kier alpha value is -2.15. The summed E-state index contributed by atoms with van der Waals surface area (Å²) in [6, 6.07) is 7.45. The Morgan fingerprint density at radius 2 is 1.96 bits per heavy atom. The summed E-state index contributed by atoms with van der Waals surface area (Å²) in [5, 5.41) is 5.31. The van der Waals surface area contributed by atoms with Crippen molar-refractivity contribution in [1.29, 1.82) is 0 Å². The van der Waals surface area contributed by atoms with Gasteiger partial charge in [0.05, 0.1) is 16.2 Å². The molecule has 2 heterocycles. The van der Waals surface area contributed by atoms with E-state index >= 15 is 0 Å². The lowest BCUT2D eigenvalue weighted by Gasteiger charge is -2.14. The van der Waals surface area contributed by atoms with Crippen LogP contribution in [0.25, 0.3) is 10.9 Å². The third-order valence-corrected chi connectivity index (χ3v) is 5.09. The van der Waals surface area contributed by atoms with Crippen LogP contribution < -0.4 is 5.56 Å². The fourth-order valence-electron chi connectivity index (χ4n) is 2.57. The second kappa shape index (κ2) is 7.23. The Morgan fingerprint density at radius 1 is 1.23 bits per heavy atom. The molecule has 0 aliphatic carbocycles. The molecule has 0 amide bonds. The Bertz CT molecular complexity index is 972. The molecular weight excluding hydrogens is 348 g/mol. The standard InChI is InChI=1S/C19H24N4O2S/c1-6-11-23-16(24)13-9-7-8-10-14(13)20-18(23)26-12(2)15-21-17(22-25-15)19(3,4)5/h7-10,12H,6,11H2,1-5H3. The van der Waals surface area contributed by atoms with E-state index < -0.39 is 0 Å². The number of para-hydroxylation sites is 1. The highest BCUT2D eigenvalue weighted by Gasteiger charge is 2.24. The van der Waals surface area contributed by atoms with Crippen molar-refractivity contribution < 1.29 is 4.52 Å². The lowest BCUT2D eigenvalue weighted by Crippen LogP contribution is -2.23. The second-order valence-corrected chi connectivity index (χ2v) is 8.64. The Kier molecular flexibility index (Phi) is 5.18. The van der Waals surface area contributed by atoms with Crippen LogP contribution in [0.15, 0.2) is 38.7 Å². The number of hydrogen-bond acceptors (Lipinski definition) is 6. The number of fused-ring (bicyclic) bond motifs is 1. The van der Waals surface area contributed by atoms with Gasteiger partial charge in [0.1, 0.15) is 0 Å². The zero-order chi connectivity index (χ0) is 18.9. The molecule has 26 heavy (non-hydrogen) atoms. The van der Waals surface area contributed by atoms with Gasteiger partial charge in [-0.2, -0.15) is 4.98 Å². The molecule has 3 aromatic rings. The van der Waals surface area contributed by atoms with Crippen molar-refractivity contribution in [3.8, 4) is 0 Å². The fourth-order valence-corrected chi connectivity index (χ4v) is 3.54. The number of nitrogens with zero attached hydrogens (tertiary/aromatic N) is 4. The van der Waals surface area contributed by atoms with Gasteiger partial charge < -0.3 is 4.52 Å². The number of hydrogen-bond donors (Lipinski definition) is 0. The molecule has 138 valence electrons. The molecule has 6 nitrogen and oxygen atoms in total. The van der Waals surface area contributed by atoms with Crippen LogP contribution in [0.1, 0.15) is 58.0 Å². The Morgan fingerprint density at radius 3 is 2.62 bits per heavy atom. The summed E-state index contributed by atoms with van der Waals surface area (Å²) < 4.78 is 7.19. The third kappa shape index (κ3) is 3.67. The molecule has 0 saturated heterocycles. The van der Waals surface area contributed by atoms with Gasteiger partial charge in [0.25, 0.3) is 5.56 Å². The highest BCUT2D eigenvalue weighted by Crippen LogP contribution is 2.34. The molecule has 0 spiro atoms. The van der Waals surface area contributed by atoms with Crippen LogP contribution >= 0.6 is 11.8 Å². The van der Waals surface area contributed by atoms with E-state index in [-0.39, 0.29) is 16.2 Å². The van der Waals surface area contributed by atoms with Crippen LogP contribution in [0.3, 0.4) is 0 Å². The molecule has 0 N–H and O–H groups in total. The quantitative estimate of drug-likeness (QED) is 0.490. The summed E-state index contributed by atoms with van der Waals surface area (Å²) in [7, 11) is 0. The maximum atomic E-state index is 12.9. The van der Waals surface area contributed by atoms with Crippen LogP contribution in [0.5, 0.6) is 0 Å². The molecule has 0 radical (unpaired) electrons. The molecule has 0 fully saturated rings. The summed E-state index contributed by atoms with van der Waals surface area (Å²) in [6.07, 6.45) is 0.858. The van der Waals surface area contributed by atoms with E-state index in [0.717, 1.165) is 6.42 Å². The van der Waals surface area contributed by atoms with E-state index in [1.807, 2.05) is 58.9 Å². The van der Waals surface area contributed by atoms with Gasteiger partial charge in [-0.15, -0.1) is 0 Å². The first-order valence-corrected chi connectivity index (χ1v) is 9.69. The minimum atomic E-state index is -0.169. The molecule has 7 heteroatoms. The number of aromatic nitrogens is 4. The summed E-state index contributed by atoms with van der Waals surface area (Å²) in [5.74, 6) is 1.22. The van der Waals surface area contributed by atoms with E-state index in [1.54, 1.807) is 4.57 Å². The predicted octanol–water partition coefficient (Wildman–Crippen LogP) is 4.34. The first kappa shape index (κ1) is 18.6. The molecule has 1 aromatic carbocycles. The molecule has 0 bridgehead atoms. The summed E-state index contributed by atoms with van der Waals surface area (Å²) in [4.78, 5) is 22.1.